The van der Waals surface area contributed by atoms with Crippen molar-refractivity contribution < 1.29 is 24.9 Å². The maximum absolute atomic E-state index is 10.5. The van der Waals surface area contributed by atoms with Crippen molar-refractivity contribution in [3.8, 4) is 0 Å². The lowest BCUT2D eigenvalue weighted by Gasteiger charge is -2.21. The number of ether oxygens (including phenoxy) is 1. The number of carbonyl (C=O) groups is 1. The molecule has 1 fully saturated rings. The van der Waals surface area contributed by atoms with Gasteiger partial charge in [0.15, 0.2) is 0 Å². The van der Waals surface area contributed by atoms with Gasteiger partial charge in [-0.05, 0) is 65.4 Å². The number of thiophene rings is 1. The summed E-state index contributed by atoms with van der Waals surface area (Å²) in [6.45, 7) is -0.0925. The van der Waals surface area contributed by atoms with Crippen molar-refractivity contribution in [2.24, 2.45) is 17.8 Å². The van der Waals surface area contributed by atoms with Crippen LogP contribution in [0.5, 0.6) is 0 Å². The Labute approximate surface area is 186 Å². The van der Waals surface area contributed by atoms with Crippen molar-refractivity contribution in [2.75, 3.05) is 13.2 Å². The molecule has 0 aromatic carbocycles. The molecule has 2 radical (unpaired) electrons. The van der Waals surface area contributed by atoms with Crippen LogP contribution in [-0.2, 0) is 16.0 Å². The van der Waals surface area contributed by atoms with E-state index in [4.69, 9.17) is 17.7 Å². The molecule has 1 saturated carbocycles. The SMILES string of the molecule is [B]C[C@@H]1CC(O)[C@H](C/C=C\COCC(=O)O)[C@H]1/C=C/[C@@H](O)CCc1cc(Br)cs1. The van der Waals surface area contributed by atoms with Gasteiger partial charge >= 0.3 is 5.97 Å². The highest BCUT2D eigenvalue weighted by Gasteiger charge is 2.39. The summed E-state index contributed by atoms with van der Waals surface area (Å²) in [6.07, 6.45) is 9.84. The van der Waals surface area contributed by atoms with E-state index in [9.17, 15) is 15.0 Å². The Balaban J connectivity index is 1.86. The Morgan fingerprint density at radius 2 is 2.24 bits per heavy atom. The Morgan fingerprint density at radius 3 is 2.90 bits per heavy atom. The second-order valence-corrected chi connectivity index (χ2v) is 9.29. The molecule has 2 rings (SSSR count). The molecule has 5 nitrogen and oxygen atoms in total. The molecule has 1 unspecified atom stereocenters. The second kappa shape index (κ2) is 12.7. The lowest BCUT2D eigenvalue weighted by molar-refractivity contribution is -0.141. The molecule has 8 heteroatoms. The highest BCUT2D eigenvalue weighted by atomic mass is 79.9. The molecule has 0 spiro atoms. The molecular formula is C21H28BBrO5S. The third-order valence-corrected chi connectivity index (χ3v) is 7.02. The van der Waals surface area contributed by atoms with Gasteiger partial charge in [0.25, 0.3) is 0 Å². The minimum atomic E-state index is -0.995. The number of halogens is 1. The molecule has 29 heavy (non-hydrogen) atoms. The predicted molar refractivity (Wildman–Crippen MR) is 119 cm³/mol. The van der Waals surface area contributed by atoms with Crippen LogP contribution in [0.2, 0.25) is 6.32 Å². The molecule has 0 bridgehead atoms. The number of carboxylic acid groups (broad SMARTS) is 1. The van der Waals surface area contributed by atoms with Gasteiger partial charge in [-0.15, -0.1) is 11.3 Å². The van der Waals surface area contributed by atoms with Gasteiger partial charge in [-0.1, -0.05) is 30.6 Å². The molecule has 0 saturated heterocycles. The molecule has 1 heterocycles. The van der Waals surface area contributed by atoms with Crippen molar-refractivity contribution in [1.82, 2.24) is 0 Å². The molecule has 1 aromatic rings. The van der Waals surface area contributed by atoms with Crippen LogP contribution in [0.4, 0.5) is 0 Å². The molecule has 158 valence electrons. The fourth-order valence-corrected chi connectivity index (χ4v) is 5.25. The first-order valence-corrected chi connectivity index (χ1v) is 11.5. The van der Waals surface area contributed by atoms with E-state index in [-0.39, 0.29) is 31.0 Å². The van der Waals surface area contributed by atoms with Gasteiger partial charge in [-0.25, -0.2) is 4.79 Å². The molecule has 3 N–H and O–H groups in total. The van der Waals surface area contributed by atoms with E-state index in [1.165, 1.54) is 4.88 Å². The average molecular weight is 483 g/mol. The summed E-state index contributed by atoms with van der Waals surface area (Å²) in [6, 6.07) is 2.07. The standard InChI is InChI=1S/C21H28BBrO5S/c22-11-14-9-20(25)19(3-1-2-8-28-12-21(26)27)18(14)7-5-16(24)4-6-17-10-15(23)13-29-17/h1-2,5,7,10,13-14,16,18-20,24-25H,3-4,6,8-9,11-12H2,(H,26,27)/b2-1-,7-5+/t14-,16-,18-,19+,20?/m0/s1. The Kier molecular flexibility index (Phi) is 10.7. The minimum absolute atomic E-state index is 0.0241. The monoisotopic (exact) mass is 482 g/mol. The van der Waals surface area contributed by atoms with Crippen molar-refractivity contribution >= 4 is 41.1 Å². The minimum Gasteiger partial charge on any atom is -0.480 e. The summed E-state index contributed by atoms with van der Waals surface area (Å²) < 4.78 is 6.05. The van der Waals surface area contributed by atoms with E-state index >= 15 is 0 Å². The van der Waals surface area contributed by atoms with Crippen molar-refractivity contribution in [3.63, 3.8) is 0 Å². The van der Waals surface area contributed by atoms with Crippen molar-refractivity contribution in [2.45, 2.75) is 44.2 Å². The Bertz CT molecular complexity index is 692. The first-order chi connectivity index (χ1) is 13.9. The lowest BCUT2D eigenvalue weighted by Crippen LogP contribution is -2.19. The number of aryl methyl sites for hydroxylation is 1. The largest absolute Gasteiger partial charge is 0.480 e. The lowest BCUT2D eigenvalue weighted by atomic mass is 9.80. The third-order valence-electron chi connectivity index (χ3n) is 5.26. The number of rotatable bonds is 12. The number of aliphatic carboxylic acids is 1. The summed E-state index contributed by atoms with van der Waals surface area (Å²) in [5.74, 6) is -0.685. The Morgan fingerprint density at radius 1 is 1.45 bits per heavy atom. The van der Waals surface area contributed by atoms with Crippen LogP contribution in [-0.4, -0.2) is 54.6 Å². The number of hydrogen-bond acceptors (Lipinski definition) is 5. The van der Waals surface area contributed by atoms with Crippen LogP contribution >= 0.6 is 27.3 Å². The zero-order valence-corrected chi connectivity index (χ0v) is 18.7. The summed E-state index contributed by atoms with van der Waals surface area (Å²) in [5.41, 5.74) is 0. The fourth-order valence-electron chi connectivity index (χ4n) is 3.78. The van der Waals surface area contributed by atoms with Crippen molar-refractivity contribution in [3.05, 3.63) is 45.1 Å². The van der Waals surface area contributed by atoms with Gasteiger partial charge < -0.3 is 20.1 Å². The van der Waals surface area contributed by atoms with Crippen LogP contribution in [0, 0.1) is 17.8 Å². The Hall–Kier alpha value is -0.925. The van der Waals surface area contributed by atoms with Crippen LogP contribution in [0.25, 0.3) is 0 Å². The van der Waals surface area contributed by atoms with Gasteiger partial charge in [-0.3, -0.25) is 0 Å². The van der Waals surface area contributed by atoms with Gasteiger partial charge in [-0.2, -0.15) is 0 Å². The first kappa shape index (κ1) is 24.3. The van der Waals surface area contributed by atoms with Crippen molar-refractivity contribution in [1.29, 1.82) is 0 Å². The van der Waals surface area contributed by atoms with Gasteiger partial charge in [0.1, 0.15) is 6.61 Å². The molecule has 5 atom stereocenters. The van der Waals surface area contributed by atoms with Gasteiger partial charge in [0, 0.05) is 14.7 Å². The van der Waals surface area contributed by atoms with E-state index < -0.39 is 18.2 Å². The van der Waals surface area contributed by atoms with Gasteiger partial charge in [0.2, 0.25) is 0 Å². The topological polar surface area (TPSA) is 87.0 Å². The maximum Gasteiger partial charge on any atom is 0.329 e. The summed E-state index contributed by atoms with van der Waals surface area (Å²) in [7, 11) is 5.91. The van der Waals surface area contributed by atoms with E-state index in [0.717, 1.165) is 10.9 Å². The molecule has 1 aromatic heterocycles. The zero-order valence-electron chi connectivity index (χ0n) is 16.3. The molecule has 0 aliphatic heterocycles. The van der Waals surface area contributed by atoms with E-state index in [2.05, 4.69) is 22.0 Å². The number of carboxylic acids is 1. The average Bonchev–Trinajstić information content (AvgIpc) is 3.23. The summed E-state index contributed by atoms with van der Waals surface area (Å²) in [5, 5.41) is 31.4. The van der Waals surface area contributed by atoms with Crippen LogP contribution in [0.1, 0.15) is 24.1 Å². The molecule has 0 amide bonds. The maximum atomic E-state index is 10.5. The number of aliphatic hydroxyl groups excluding tert-OH is 2. The fraction of sp³-hybridized carbons (Fsp3) is 0.571. The summed E-state index contributed by atoms with van der Waals surface area (Å²) in [4.78, 5) is 11.7. The van der Waals surface area contributed by atoms with Crippen LogP contribution < -0.4 is 0 Å². The third kappa shape index (κ3) is 8.38. The summed E-state index contributed by atoms with van der Waals surface area (Å²) >= 11 is 5.11. The predicted octanol–water partition coefficient (Wildman–Crippen LogP) is 3.61. The van der Waals surface area contributed by atoms with E-state index in [1.54, 1.807) is 17.4 Å². The highest BCUT2D eigenvalue weighted by molar-refractivity contribution is 9.10. The van der Waals surface area contributed by atoms with E-state index in [0.29, 0.717) is 25.6 Å². The quantitative estimate of drug-likeness (QED) is 0.240. The molecule has 1 aliphatic carbocycles. The first-order valence-electron chi connectivity index (χ1n) is 9.82. The number of hydrogen-bond donors (Lipinski definition) is 3. The molecule has 1 aliphatic rings. The van der Waals surface area contributed by atoms with Crippen LogP contribution in [0.3, 0.4) is 0 Å². The normalized spacial score (nSPS) is 25.9. The smallest absolute Gasteiger partial charge is 0.329 e. The molecular weight excluding hydrogens is 455 g/mol. The van der Waals surface area contributed by atoms with E-state index in [1.807, 2.05) is 23.6 Å². The van der Waals surface area contributed by atoms with Crippen LogP contribution in [0.15, 0.2) is 40.2 Å². The number of aliphatic hydroxyl groups is 2. The van der Waals surface area contributed by atoms with Gasteiger partial charge in [0.05, 0.1) is 26.7 Å². The second-order valence-electron chi connectivity index (χ2n) is 7.38. The number of allylic oxidation sites excluding steroid dienone is 2. The highest BCUT2D eigenvalue weighted by Crippen LogP contribution is 2.42. The zero-order chi connectivity index (χ0) is 21.2.